The van der Waals surface area contributed by atoms with Crippen molar-refractivity contribution in [1.82, 2.24) is 4.90 Å². The average Bonchev–Trinajstić information content (AvgIpc) is 3.06. The molecule has 0 aromatic heterocycles. The molecule has 4 nitrogen and oxygen atoms in total. The van der Waals surface area contributed by atoms with Gasteiger partial charge in [-0.2, -0.15) is 0 Å². The number of anilines is 1. The van der Waals surface area contributed by atoms with Gasteiger partial charge in [-0.15, -0.1) is 0 Å². The molecule has 0 unspecified atom stereocenters. The summed E-state index contributed by atoms with van der Waals surface area (Å²) in [7, 11) is 4.09. The molecule has 1 heterocycles. The summed E-state index contributed by atoms with van der Waals surface area (Å²) in [6.45, 7) is 3.64. The van der Waals surface area contributed by atoms with E-state index >= 15 is 0 Å². The summed E-state index contributed by atoms with van der Waals surface area (Å²) in [6, 6.07) is 14.3. The molecule has 3 aliphatic rings. The van der Waals surface area contributed by atoms with Crippen LogP contribution in [0.4, 0.5) is 10.1 Å². The van der Waals surface area contributed by atoms with Gasteiger partial charge in [0.05, 0.1) is 6.61 Å². The minimum Gasteiger partial charge on any atom is -0.493 e. The fraction of sp³-hybridized carbons (Fsp3) is 0.240. The first-order valence-electron chi connectivity index (χ1n) is 10.1. The van der Waals surface area contributed by atoms with Crippen molar-refractivity contribution in [3.05, 3.63) is 71.0 Å². The van der Waals surface area contributed by atoms with Crippen LogP contribution in [0.3, 0.4) is 0 Å². The number of aryl methyl sites for hydroxylation is 1. The van der Waals surface area contributed by atoms with Crippen molar-refractivity contribution < 1.29 is 13.9 Å². The Kier molecular flexibility index (Phi) is 5.55. The summed E-state index contributed by atoms with van der Waals surface area (Å²) in [5.74, 6) is 0.251. The Balaban J connectivity index is 1.70. The Bertz CT molecular complexity index is 1100. The summed E-state index contributed by atoms with van der Waals surface area (Å²) in [5, 5.41) is 2.81. The number of rotatable bonds is 6. The monoisotopic (exact) mass is 404 g/mol. The molecule has 0 spiro atoms. The van der Waals surface area contributed by atoms with E-state index in [2.05, 4.69) is 16.3 Å². The Morgan fingerprint density at radius 1 is 1.10 bits per heavy atom. The highest BCUT2D eigenvalue weighted by Crippen LogP contribution is 2.41. The Labute approximate surface area is 176 Å². The third kappa shape index (κ3) is 3.94. The van der Waals surface area contributed by atoms with Gasteiger partial charge in [0.25, 0.3) is 5.91 Å². The second kappa shape index (κ2) is 8.28. The number of halogens is 1. The standard InChI is InChI=1S/C25H25FN2O2/c1-16-13-17(14-21-20-15-18(26)9-10-22(20)27-25(21)29)19-7-4-5-8-23(24(16)19)30-12-6-11-28(2)3/h4-5,7-10,13-15H,6,11-12H2,1-3H3,(H,27,29)/b21-14-. The molecule has 0 saturated carbocycles. The van der Waals surface area contributed by atoms with Gasteiger partial charge in [-0.1, -0.05) is 24.3 Å². The number of hydrogen-bond acceptors (Lipinski definition) is 3. The number of carbonyl (C=O) groups is 1. The number of nitrogens with one attached hydrogen (secondary N) is 1. The number of nitrogens with zero attached hydrogens (tertiary/aromatic N) is 1. The lowest BCUT2D eigenvalue weighted by Gasteiger charge is -2.12. The van der Waals surface area contributed by atoms with Crippen molar-refractivity contribution in [3.8, 4) is 16.9 Å². The summed E-state index contributed by atoms with van der Waals surface area (Å²) in [5.41, 5.74) is 5.73. The molecule has 0 radical (unpaired) electrons. The van der Waals surface area contributed by atoms with Crippen LogP contribution >= 0.6 is 0 Å². The zero-order chi connectivity index (χ0) is 21.3. The third-order valence-electron chi connectivity index (χ3n) is 5.29. The molecule has 0 fully saturated rings. The van der Waals surface area contributed by atoms with Crippen molar-refractivity contribution in [2.75, 3.05) is 32.6 Å². The number of benzene rings is 1. The zero-order valence-corrected chi connectivity index (χ0v) is 17.5. The van der Waals surface area contributed by atoms with Crippen molar-refractivity contribution >= 4 is 23.2 Å². The van der Waals surface area contributed by atoms with Crippen LogP contribution in [0.25, 0.3) is 22.8 Å². The molecule has 1 amide bonds. The molecule has 1 aromatic rings. The molecular formula is C25H25FN2O2. The van der Waals surface area contributed by atoms with Crippen molar-refractivity contribution in [3.63, 3.8) is 0 Å². The lowest BCUT2D eigenvalue weighted by Crippen LogP contribution is -2.15. The van der Waals surface area contributed by atoms with E-state index in [9.17, 15) is 9.18 Å². The van der Waals surface area contributed by atoms with Crippen molar-refractivity contribution in [1.29, 1.82) is 0 Å². The van der Waals surface area contributed by atoms with Crippen LogP contribution < -0.4 is 10.1 Å². The minimum absolute atomic E-state index is 0.219. The molecular weight excluding hydrogens is 379 g/mol. The Morgan fingerprint density at radius 3 is 2.70 bits per heavy atom. The molecule has 4 rings (SSSR count). The number of carbonyl (C=O) groups excluding carboxylic acids is 1. The lowest BCUT2D eigenvalue weighted by molar-refractivity contribution is -0.110. The van der Waals surface area contributed by atoms with Gasteiger partial charge in [0.2, 0.25) is 0 Å². The summed E-state index contributed by atoms with van der Waals surface area (Å²) < 4.78 is 19.9. The maximum absolute atomic E-state index is 13.8. The van der Waals surface area contributed by atoms with Gasteiger partial charge < -0.3 is 15.0 Å². The number of ether oxygens (including phenoxy) is 1. The van der Waals surface area contributed by atoms with E-state index in [0.29, 0.717) is 23.4 Å². The quantitative estimate of drug-likeness (QED) is 0.461. The third-order valence-corrected chi connectivity index (χ3v) is 5.29. The normalized spacial score (nSPS) is 14.4. The smallest absolute Gasteiger partial charge is 0.256 e. The number of fused-ring (bicyclic) bond motifs is 2. The molecule has 2 aliphatic carbocycles. The van der Waals surface area contributed by atoms with Gasteiger partial charge in [-0.25, -0.2) is 4.39 Å². The first-order chi connectivity index (χ1) is 14.4. The molecule has 30 heavy (non-hydrogen) atoms. The minimum atomic E-state index is -0.362. The molecule has 5 heteroatoms. The van der Waals surface area contributed by atoms with E-state index in [-0.39, 0.29) is 11.7 Å². The van der Waals surface area contributed by atoms with Crippen LogP contribution in [0.1, 0.15) is 23.1 Å². The highest BCUT2D eigenvalue weighted by molar-refractivity contribution is 6.35. The molecule has 1 aromatic carbocycles. The maximum atomic E-state index is 13.8. The van der Waals surface area contributed by atoms with Crippen LogP contribution in [0.15, 0.2) is 48.5 Å². The Morgan fingerprint density at radius 2 is 1.90 bits per heavy atom. The van der Waals surface area contributed by atoms with E-state index in [0.717, 1.165) is 41.0 Å². The lowest BCUT2D eigenvalue weighted by atomic mass is 10.0. The maximum Gasteiger partial charge on any atom is 0.256 e. The van der Waals surface area contributed by atoms with Crippen molar-refractivity contribution in [2.45, 2.75) is 13.3 Å². The van der Waals surface area contributed by atoms with Crippen LogP contribution in [0.5, 0.6) is 5.75 Å². The molecule has 1 aliphatic heterocycles. The van der Waals surface area contributed by atoms with Gasteiger partial charge in [-0.3, -0.25) is 4.79 Å². The topological polar surface area (TPSA) is 41.6 Å². The van der Waals surface area contributed by atoms with E-state index < -0.39 is 0 Å². The van der Waals surface area contributed by atoms with Crippen LogP contribution in [-0.2, 0) is 4.79 Å². The van der Waals surface area contributed by atoms with E-state index in [4.69, 9.17) is 4.74 Å². The highest BCUT2D eigenvalue weighted by atomic mass is 19.1. The molecule has 1 N–H and O–H groups in total. The second-order valence-electron chi connectivity index (χ2n) is 7.86. The van der Waals surface area contributed by atoms with Gasteiger partial charge in [-0.05, 0) is 74.5 Å². The molecule has 0 saturated heterocycles. The summed E-state index contributed by atoms with van der Waals surface area (Å²) in [4.78, 5) is 14.7. The predicted octanol–water partition coefficient (Wildman–Crippen LogP) is 5.06. The first-order valence-corrected chi connectivity index (χ1v) is 10.1. The van der Waals surface area contributed by atoms with Gasteiger partial charge in [0.15, 0.2) is 0 Å². The fourth-order valence-electron chi connectivity index (χ4n) is 3.89. The Hall–Kier alpha value is -3.18. The van der Waals surface area contributed by atoms with Crippen LogP contribution in [0, 0.1) is 12.7 Å². The van der Waals surface area contributed by atoms with E-state index in [1.54, 1.807) is 6.07 Å². The predicted molar refractivity (Wildman–Crippen MR) is 119 cm³/mol. The van der Waals surface area contributed by atoms with Gasteiger partial charge in [0.1, 0.15) is 11.6 Å². The fourth-order valence-corrected chi connectivity index (χ4v) is 3.89. The highest BCUT2D eigenvalue weighted by Gasteiger charge is 2.26. The molecule has 154 valence electrons. The first kappa shape index (κ1) is 20.1. The zero-order valence-electron chi connectivity index (χ0n) is 17.5. The van der Waals surface area contributed by atoms with Gasteiger partial charge >= 0.3 is 0 Å². The van der Waals surface area contributed by atoms with E-state index in [1.807, 2.05) is 51.4 Å². The van der Waals surface area contributed by atoms with E-state index in [1.165, 1.54) is 12.1 Å². The molecule has 0 atom stereocenters. The van der Waals surface area contributed by atoms with Crippen LogP contribution in [0.2, 0.25) is 0 Å². The van der Waals surface area contributed by atoms with Crippen LogP contribution in [-0.4, -0.2) is 38.1 Å². The van der Waals surface area contributed by atoms with Crippen molar-refractivity contribution in [2.24, 2.45) is 0 Å². The summed E-state index contributed by atoms with van der Waals surface area (Å²) in [6.07, 6.45) is 2.78. The number of hydrogen-bond donors (Lipinski definition) is 1. The second-order valence-corrected chi connectivity index (χ2v) is 7.86. The largest absolute Gasteiger partial charge is 0.493 e. The average molecular weight is 404 g/mol. The number of amides is 1. The van der Waals surface area contributed by atoms with Gasteiger partial charge in [0, 0.05) is 28.9 Å². The SMILES string of the molecule is Cc1cc(/C=C2\C(=O)Nc3ccc(F)cc32)c2ccccc(OCCCN(C)C)c1-2. The molecule has 0 bridgehead atoms. The summed E-state index contributed by atoms with van der Waals surface area (Å²) >= 11 is 0.